The summed E-state index contributed by atoms with van der Waals surface area (Å²) in [5, 5.41) is 2.58. The second kappa shape index (κ2) is 7.37. The van der Waals surface area contributed by atoms with Crippen LogP contribution in [0.1, 0.15) is 13.3 Å². The van der Waals surface area contributed by atoms with Gasteiger partial charge in [0.15, 0.2) is 0 Å². The first-order valence-corrected chi connectivity index (χ1v) is 7.83. The standard InChI is InChI=1S/C13H19FN2O4S/c1-4-7-15-13(17)9-16(2)21(18,19)12-8-10(14)5-6-11(12)20-3/h5-6,8H,4,7,9H2,1-3H3,(H,15,17). The van der Waals surface area contributed by atoms with Gasteiger partial charge in [0.2, 0.25) is 15.9 Å². The zero-order chi connectivity index (χ0) is 16.0. The Labute approximate surface area is 123 Å². The van der Waals surface area contributed by atoms with Gasteiger partial charge < -0.3 is 10.1 Å². The van der Waals surface area contributed by atoms with Gasteiger partial charge in [-0.25, -0.2) is 12.8 Å². The number of ether oxygens (including phenoxy) is 1. The maximum Gasteiger partial charge on any atom is 0.247 e. The van der Waals surface area contributed by atoms with Gasteiger partial charge in [0, 0.05) is 13.6 Å². The van der Waals surface area contributed by atoms with Crippen LogP contribution in [0.4, 0.5) is 4.39 Å². The van der Waals surface area contributed by atoms with E-state index in [1.165, 1.54) is 20.2 Å². The molecule has 1 aromatic rings. The molecule has 0 aromatic heterocycles. The summed E-state index contributed by atoms with van der Waals surface area (Å²) in [6, 6.07) is 3.20. The van der Waals surface area contributed by atoms with Crippen LogP contribution in [0, 0.1) is 5.82 Å². The number of methoxy groups -OCH3 is 1. The smallest absolute Gasteiger partial charge is 0.247 e. The molecular formula is C13H19FN2O4S. The Balaban J connectivity index is 3.00. The summed E-state index contributed by atoms with van der Waals surface area (Å²) in [5.41, 5.74) is 0. The first kappa shape index (κ1) is 17.4. The Kier molecular flexibility index (Phi) is 6.10. The maximum atomic E-state index is 13.3. The largest absolute Gasteiger partial charge is 0.495 e. The number of carbonyl (C=O) groups excluding carboxylic acids is 1. The summed E-state index contributed by atoms with van der Waals surface area (Å²) in [4.78, 5) is 11.3. The van der Waals surface area contributed by atoms with E-state index < -0.39 is 21.7 Å². The lowest BCUT2D eigenvalue weighted by Crippen LogP contribution is -2.38. The Morgan fingerprint density at radius 2 is 2.10 bits per heavy atom. The number of halogens is 1. The molecule has 0 aliphatic rings. The Morgan fingerprint density at radius 3 is 2.67 bits per heavy atom. The molecule has 0 saturated heterocycles. The van der Waals surface area contributed by atoms with Crippen LogP contribution in [-0.4, -0.2) is 45.9 Å². The molecular weight excluding hydrogens is 299 g/mol. The Hall–Kier alpha value is -1.67. The lowest BCUT2D eigenvalue weighted by atomic mass is 10.3. The van der Waals surface area contributed by atoms with E-state index in [0.29, 0.717) is 6.54 Å². The average Bonchev–Trinajstić information content (AvgIpc) is 2.44. The fourth-order valence-electron chi connectivity index (χ4n) is 1.63. The van der Waals surface area contributed by atoms with Gasteiger partial charge in [-0.15, -0.1) is 0 Å². The van der Waals surface area contributed by atoms with Crippen LogP contribution < -0.4 is 10.1 Å². The van der Waals surface area contributed by atoms with Gasteiger partial charge in [-0.05, 0) is 24.6 Å². The third kappa shape index (κ3) is 4.40. The predicted molar refractivity (Wildman–Crippen MR) is 76.1 cm³/mol. The quantitative estimate of drug-likeness (QED) is 0.813. The predicted octanol–water partition coefficient (Wildman–Crippen LogP) is 0.981. The van der Waals surface area contributed by atoms with Gasteiger partial charge in [-0.2, -0.15) is 4.31 Å². The van der Waals surface area contributed by atoms with E-state index >= 15 is 0 Å². The van der Waals surface area contributed by atoms with Crippen LogP contribution in [0.25, 0.3) is 0 Å². The molecule has 1 N–H and O–H groups in total. The van der Waals surface area contributed by atoms with Gasteiger partial charge in [0.1, 0.15) is 16.5 Å². The van der Waals surface area contributed by atoms with Gasteiger partial charge in [-0.3, -0.25) is 4.79 Å². The van der Waals surface area contributed by atoms with Crippen LogP contribution in [0.5, 0.6) is 5.75 Å². The number of carbonyl (C=O) groups is 1. The summed E-state index contributed by atoms with van der Waals surface area (Å²) in [6.45, 7) is 2.01. The fourth-order valence-corrected chi connectivity index (χ4v) is 2.92. The van der Waals surface area contributed by atoms with E-state index in [0.717, 1.165) is 22.9 Å². The molecule has 0 heterocycles. The molecule has 0 aliphatic carbocycles. The molecule has 0 bridgehead atoms. The minimum absolute atomic E-state index is 0.0252. The number of nitrogens with zero attached hydrogens (tertiary/aromatic N) is 1. The summed E-state index contributed by atoms with van der Waals surface area (Å²) in [5.74, 6) is -1.09. The highest BCUT2D eigenvalue weighted by molar-refractivity contribution is 7.89. The van der Waals surface area contributed by atoms with Crippen molar-refractivity contribution in [2.45, 2.75) is 18.2 Å². The number of amides is 1. The third-order valence-electron chi connectivity index (χ3n) is 2.75. The molecule has 1 amide bonds. The summed E-state index contributed by atoms with van der Waals surface area (Å²) >= 11 is 0. The molecule has 8 heteroatoms. The monoisotopic (exact) mass is 318 g/mol. The Morgan fingerprint density at radius 1 is 1.43 bits per heavy atom. The van der Waals surface area contributed by atoms with Crippen molar-refractivity contribution in [3.05, 3.63) is 24.0 Å². The third-order valence-corrected chi connectivity index (χ3v) is 4.58. The molecule has 0 spiro atoms. The summed E-state index contributed by atoms with van der Waals surface area (Å²) in [6.07, 6.45) is 0.750. The molecule has 0 aliphatic heterocycles. The zero-order valence-corrected chi connectivity index (χ0v) is 13.0. The van der Waals surface area contributed by atoms with E-state index in [2.05, 4.69) is 5.32 Å². The van der Waals surface area contributed by atoms with E-state index in [4.69, 9.17) is 4.74 Å². The van der Waals surface area contributed by atoms with Crippen molar-refractivity contribution in [1.82, 2.24) is 9.62 Å². The van der Waals surface area contributed by atoms with Gasteiger partial charge >= 0.3 is 0 Å². The van der Waals surface area contributed by atoms with Gasteiger partial charge in [0.25, 0.3) is 0 Å². The highest BCUT2D eigenvalue weighted by atomic mass is 32.2. The zero-order valence-electron chi connectivity index (χ0n) is 12.2. The molecule has 6 nitrogen and oxygen atoms in total. The minimum atomic E-state index is -4.02. The molecule has 1 rings (SSSR count). The number of likely N-dealkylation sites (N-methyl/N-ethyl adjacent to an activating group) is 1. The van der Waals surface area contributed by atoms with Crippen molar-refractivity contribution < 1.29 is 22.3 Å². The molecule has 1 aromatic carbocycles. The number of hydrogen-bond donors (Lipinski definition) is 1. The highest BCUT2D eigenvalue weighted by Crippen LogP contribution is 2.26. The SMILES string of the molecule is CCCNC(=O)CN(C)S(=O)(=O)c1cc(F)ccc1OC. The lowest BCUT2D eigenvalue weighted by molar-refractivity contribution is -0.121. The van der Waals surface area contributed by atoms with Crippen molar-refractivity contribution in [3.63, 3.8) is 0 Å². The van der Waals surface area contributed by atoms with E-state index in [9.17, 15) is 17.6 Å². The van der Waals surface area contributed by atoms with Crippen LogP contribution in [-0.2, 0) is 14.8 Å². The highest BCUT2D eigenvalue weighted by Gasteiger charge is 2.26. The van der Waals surface area contributed by atoms with Crippen molar-refractivity contribution in [2.75, 3.05) is 27.2 Å². The van der Waals surface area contributed by atoms with Gasteiger partial charge in [0.05, 0.1) is 13.7 Å². The van der Waals surface area contributed by atoms with Crippen molar-refractivity contribution >= 4 is 15.9 Å². The molecule has 0 saturated carbocycles. The van der Waals surface area contributed by atoms with Crippen LogP contribution in [0.2, 0.25) is 0 Å². The fraction of sp³-hybridized carbons (Fsp3) is 0.462. The molecule has 0 fully saturated rings. The van der Waals surface area contributed by atoms with E-state index in [-0.39, 0.29) is 17.2 Å². The van der Waals surface area contributed by atoms with Crippen LogP contribution in [0.15, 0.2) is 23.1 Å². The number of nitrogens with one attached hydrogen (secondary N) is 1. The first-order chi connectivity index (χ1) is 9.82. The van der Waals surface area contributed by atoms with Crippen molar-refractivity contribution in [1.29, 1.82) is 0 Å². The van der Waals surface area contributed by atoms with Crippen LogP contribution >= 0.6 is 0 Å². The summed E-state index contributed by atoms with van der Waals surface area (Å²) < 4.78 is 43.8. The number of rotatable bonds is 7. The second-order valence-corrected chi connectivity index (χ2v) is 6.42. The van der Waals surface area contributed by atoms with Crippen molar-refractivity contribution in [3.8, 4) is 5.75 Å². The maximum absolute atomic E-state index is 13.3. The topological polar surface area (TPSA) is 75.7 Å². The van der Waals surface area contributed by atoms with Gasteiger partial charge in [-0.1, -0.05) is 6.92 Å². The number of sulfonamides is 1. The summed E-state index contributed by atoms with van der Waals surface area (Å²) in [7, 11) is -1.47. The molecule has 0 atom stereocenters. The first-order valence-electron chi connectivity index (χ1n) is 6.39. The van der Waals surface area contributed by atoms with E-state index in [1.54, 1.807) is 0 Å². The molecule has 0 unspecified atom stereocenters. The van der Waals surface area contributed by atoms with Crippen LogP contribution in [0.3, 0.4) is 0 Å². The average molecular weight is 318 g/mol. The lowest BCUT2D eigenvalue weighted by Gasteiger charge is -2.18. The normalized spacial score (nSPS) is 11.5. The number of benzene rings is 1. The molecule has 118 valence electrons. The molecule has 21 heavy (non-hydrogen) atoms. The second-order valence-electron chi connectivity index (χ2n) is 4.41. The number of hydrogen-bond acceptors (Lipinski definition) is 4. The van der Waals surface area contributed by atoms with E-state index in [1.807, 2.05) is 6.92 Å². The van der Waals surface area contributed by atoms with Crippen molar-refractivity contribution in [2.24, 2.45) is 0 Å². The molecule has 0 radical (unpaired) electrons. The Bertz CT molecular complexity index is 604. The minimum Gasteiger partial charge on any atom is -0.495 e.